The Kier molecular flexibility index (Phi) is 2.71. The van der Waals surface area contributed by atoms with Crippen molar-refractivity contribution in [3.8, 4) is 11.3 Å². The van der Waals surface area contributed by atoms with Crippen molar-refractivity contribution >= 4 is 22.1 Å². The predicted molar refractivity (Wildman–Crippen MR) is 132 cm³/mol. The Morgan fingerprint density at radius 3 is 2.62 bits per heavy atom. The minimum atomic E-state index is -2.68. The van der Waals surface area contributed by atoms with Gasteiger partial charge in [0, 0.05) is 43.3 Å². The van der Waals surface area contributed by atoms with Crippen molar-refractivity contribution in [1.82, 2.24) is 9.97 Å². The lowest BCUT2D eigenvalue weighted by atomic mass is 9.78. The van der Waals surface area contributed by atoms with E-state index in [1.807, 2.05) is 0 Å². The van der Waals surface area contributed by atoms with Gasteiger partial charge < -0.3 is 4.42 Å². The molecule has 0 aliphatic heterocycles. The maximum atomic E-state index is 9.29. The van der Waals surface area contributed by atoms with E-state index in [1.165, 1.54) is 24.3 Å². The number of aromatic nitrogens is 2. The van der Waals surface area contributed by atoms with Gasteiger partial charge in [-0.25, -0.2) is 4.98 Å². The van der Waals surface area contributed by atoms with Crippen LogP contribution >= 0.6 is 0 Å². The van der Waals surface area contributed by atoms with Gasteiger partial charge in [0.15, 0.2) is 0 Å². The predicted octanol–water partition coefficient (Wildman–Crippen LogP) is 7.49. The number of fused-ring (bicyclic) bond motifs is 3. The first kappa shape index (κ1) is 11.4. The monoisotopic (exact) mass is 431 g/mol. The minimum Gasteiger partial charge on any atom is -0.437 e. The largest absolute Gasteiger partial charge is 0.437 e. The second-order valence-corrected chi connectivity index (χ2v) is 8.28. The van der Waals surface area contributed by atoms with Gasteiger partial charge in [-0.05, 0) is 73.3 Å². The molecule has 0 aliphatic rings. The van der Waals surface area contributed by atoms with Crippen molar-refractivity contribution in [2.24, 2.45) is 0 Å². The summed E-state index contributed by atoms with van der Waals surface area (Å²) in [5.74, 6) is 0. The van der Waals surface area contributed by atoms with Crippen LogP contribution in [-0.2, 0) is 11.8 Å². The zero-order chi connectivity index (χ0) is 31.8. The maximum absolute atomic E-state index is 9.29. The summed E-state index contributed by atoms with van der Waals surface area (Å²) in [6.45, 7) is -4.17. The summed E-state index contributed by atoms with van der Waals surface area (Å²) < 4.78 is 95.0. The highest BCUT2D eigenvalue weighted by atomic mass is 16.3. The Labute approximate surface area is 204 Å². The lowest BCUT2D eigenvalue weighted by Gasteiger charge is -2.26. The summed E-state index contributed by atoms with van der Waals surface area (Å²) in [5.41, 5.74) is -0.0312. The van der Waals surface area contributed by atoms with Crippen molar-refractivity contribution in [2.75, 3.05) is 0 Å². The van der Waals surface area contributed by atoms with Crippen LogP contribution in [0, 0.1) is 20.6 Å². The molecule has 3 aromatic heterocycles. The number of aryl methyl sites for hydroxylation is 3. The van der Waals surface area contributed by atoms with Gasteiger partial charge in [-0.15, -0.1) is 0 Å². The third kappa shape index (κ3) is 3.58. The first-order chi connectivity index (χ1) is 19.7. The van der Waals surface area contributed by atoms with E-state index < -0.39 is 32.3 Å². The molecule has 0 aliphatic carbocycles. The molecule has 0 radical (unpaired) electrons. The Morgan fingerprint density at radius 1 is 0.969 bits per heavy atom. The SMILES string of the molecule is [2H]C([2H])([2H])c1ccc(C(C)(C)C([2H])([2H])c2cc(-c3cccc4c3oc3nc(C([2H])([2H])[2H])ccc34)ncc2C([2H])([2H])[2H])cc1. The molecule has 3 heteroatoms. The van der Waals surface area contributed by atoms with Crippen LogP contribution in [0.3, 0.4) is 0 Å². The number of furan rings is 1. The second kappa shape index (κ2) is 7.59. The molecule has 0 saturated carbocycles. The van der Waals surface area contributed by atoms with Crippen LogP contribution in [0.5, 0.6) is 0 Å². The van der Waals surface area contributed by atoms with E-state index in [1.54, 1.807) is 50.2 Å². The number of nitrogens with zero attached hydrogens (tertiary/aromatic N) is 2. The van der Waals surface area contributed by atoms with Crippen LogP contribution < -0.4 is 0 Å². The molecule has 0 saturated heterocycles. The van der Waals surface area contributed by atoms with Gasteiger partial charge in [-0.1, -0.05) is 55.8 Å². The van der Waals surface area contributed by atoms with E-state index in [4.69, 9.17) is 16.8 Å². The van der Waals surface area contributed by atoms with Gasteiger partial charge in [-0.3, -0.25) is 4.98 Å². The molecule has 0 unspecified atom stereocenters. The standard InChI is InChI=1S/C29H28N2O/c1-18-9-12-22(13-10-18)29(4,5)16-21-15-26(30-17-19(21)2)25-8-6-7-23-24-14-11-20(3)31-28(24)32-27(23)25/h6-15,17H,16H2,1-5H3/i1D3,2D3,3D3,16D2. The molecule has 0 atom stereocenters. The topological polar surface area (TPSA) is 38.9 Å². The second-order valence-electron chi connectivity index (χ2n) is 8.28. The van der Waals surface area contributed by atoms with Crippen molar-refractivity contribution in [1.29, 1.82) is 0 Å². The Hall–Kier alpha value is -3.46. The molecule has 0 spiro atoms. The van der Waals surface area contributed by atoms with Gasteiger partial charge >= 0.3 is 0 Å². The molecule has 32 heavy (non-hydrogen) atoms. The molecule has 0 fully saturated rings. The van der Waals surface area contributed by atoms with Gasteiger partial charge in [0.1, 0.15) is 5.58 Å². The number of para-hydroxylation sites is 1. The van der Waals surface area contributed by atoms with Crippen molar-refractivity contribution < 1.29 is 19.5 Å². The average Bonchev–Trinajstić information content (AvgIpc) is 3.29. The summed E-state index contributed by atoms with van der Waals surface area (Å²) in [6, 6.07) is 15.6. The summed E-state index contributed by atoms with van der Waals surface area (Å²) in [4.78, 5) is 8.59. The van der Waals surface area contributed by atoms with Gasteiger partial charge in [0.25, 0.3) is 0 Å². The van der Waals surface area contributed by atoms with Crippen LogP contribution in [0.2, 0.25) is 0 Å². The Bertz CT molecular complexity index is 1830. The summed E-state index contributed by atoms with van der Waals surface area (Å²) in [7, 11) is 0. The minimum absolute atomic E-state index is 0.0988. The van der Waals surface area contributed by atoms with Gasteiger partial charge in [0.05, 0.1) is 5.69 Å². The lowest BCUT2D eigenvalue weighted by molar-refractivity contribution is 0.521. The number of benzene rings is 2. The molecule has 0 N–H and O–H groups in total. The number of rotatable bonds is 4. The molecule has 3 nitrogen and oxygen atoms in total. The molecule has 0 bridgehead atoms. The van der Waals surface area contributed by atoms with E-state index in [-0.39, 0.29) is 33.8 Å². The fraction of sp³-hybridized carbons (Fsp3) is 0.241. The molecular weight excluding hydrogens is 392 g/mol. The number of hydrogen-bond donors (Lipinski definition) is 0. The van der Waals surface area contributed by atoms with E-state index in [0.717, 1.165) is 6.20 Å². The summed E-state index contributed by atoms with van der Waals surface area (Å²) in [5, 5.41) is 1.22. The van der Waals surface area contributed by atoms with E-state index in [0.29, 0.717) is 27.5 Å². The van der Waals surface area contributed by atoms with Gasteiger partial charge in [-0.2, -0.15) is 0 Å². The van der Waals surface area contributed by atoms with E-state index >= 15 is 0 Å². The molecule has 5 aromatic rings. The van der Waals surface area contributed by atoms with Gasteiger partial charge in [0.2, 0.25) is 5.71 Å². The lowest BCUT2D eigenvalue weighted by Crippen LogP contribution is -2.21. The normalized spacial score (nSPS) is 18.8. The van der Waals surface area contributed by atoms with E-state index in [2.05, 4.69) is 9.97 Å². The smallest absolute Gasteiger partial charge is 0.227 e. The molecular formula is C29H28N2O. The molecule has 0 amide bonds. The average molecular weight is 432 g/mol. The third-order valence-electron chi connectivity index (χ3n) is 5.60. The molecule has 5 rings (SSSR count). The fourth-order valence-corrected chi connectivity index (χ4v) is 3.88. The number of hydrogen-bond acceptors (Lipinski definition) is 3. The molecule has 3 heterocycles. The highest BCUT2D eigenvalue weighted by Gasteiger charge is 2.23. The fourth-order valence-electron chi connectivity index (χ4n) is 3.88. The number of pyridine rings is 2. The van der Waals surface area contributed by atoms with Crippen LogP contribution in [0.25, 0.3) is 33.3 Å². The van der Waals surface area contributed by atoms with Crippen LogP contribution in [-0.4, -0.2) is 9.97 Å². The zero-order valence-electron chi connectivity index (χ0n) is 28.7. The molecule has 160 valence electrons. The molecule has 2 aromatic carbocycles. The third-order valence-corrected chi connectivity index (χ3v) is 5.60. The Morgan fingerprint density at radius 2 is 1.84 bits per heavy atom. The zero-order valence-corrected chi connectivity index (χ0v) is 17.7. The highest BCUT2D eigenvalue weighted by molar-refractivity contribution is 6.08. The van der Waals surface area contributed by atoms with Crippen molar-refractivity contribution in [3.63, 3.8) is 0 Å². The first-order valence-electron chi connectivity index (χ1n) is 15.7. The van der Waals surface area contributed by atoms with Crippen molar-refractivity contribution in [2.45, 2.75) is 46.2 Å². The summed E-state index contributed by atoms with van der Waals surface area (Å²) in [6.07, 6.45) is -1.12. The first-order valence-corrected chi connectivity index (χ1v) is 10.2. The van der Waals surface area contributed by atoms with E-state index in [9.17, 15) is 2.74 Å². The van der Waals surface area contributed by atoms with Crippen LogP contribution in [0.4, 0.5) is 0 Å². The summed E-state index contributed by atoms with van der Waals surface area (Å²) >= 11 is 0. The quantitative estimate of drug-likeness (QED) is 0.296. The van der Waals surface area contributed by atoms with Crippen molar-refractivity contribution in [3.05, 3.63) is 94.8 Å². The highest BCUT2D eigenvalue weighted by Crippen LogP contribution is 2.36. The van der Waals surface area contributed by atoms with Crippen LogP contribution in [0.1, 0.15) is 56.9 Å². The van der Waals surface area contributed by atoms with Crippen LogP contribution in [0.15, 0.2) is 71.3 Å². The Balaban J connectivity index is 1.69. The maximum Gasteiger partial charge on any atom is 0.227 e.